The SMILES string of the molecule is CC(C)(C)c1cc(C2Nc3ccccc3-c3nc4ccccc4n32)c(O)c(C(C)(C)C)c1. The minimum absolute atomic E-state index is 0.0468. The van der Waals surface area contributed by atoms with E-state index in [4.69, 9.17) is 4.98 Å². The van der Waals surface area contributed by atoms with Crippen LogP contribution in [0.15, 0.2) is 60.7 Å². The van der Waals surface area contributed by atoms with Crippen molar-refractivity contribution in [3.05, 3.63) is 77.4 Å². The maximum Gasteiger partial charge on any atom is 0.145 e. The number of nitrogens with one attached hydrogen (secondary N) is 1. The van der Waals surface area contributed by atoms with Crippen LogP contribution in [0.5, 0.6) is 5.75 Å². The second kappa shape index (κ2) is 6.86. The lowest BCUT2D eigenvalue weighted by Crippen LogP contribution is -2.26. The van der Waals surface area contributed by atoms with Gasteiger partial charge in [0.2, 0.25) is 0 Å². The number of phenols is 1. The smallest absolute Gasteiger partial charge is 0.145 e. The van der Waals surface area contributed by atoms with Crippen molar-refractivity contribution < 1.29 is 5.11 Å². The molecule has 32 heavy (non-hydrogen) atoms. The average molecular weight is 426 g/mol. The Kier molecular flexibility index (Phi) is 4.42. The van der Waals surface area contributed by atoms with Gasteiger partial charge in [0.25, 0.3) is 0 Å². The van der Waals surface area contributed by atoms with Gasteiger partial charge in [-0.1, -0.05) is 71.9 Å². The summed E-state index contributed by atoms with van der Waals surface area (Å²) in [6.45, 7) is 13.1. The maximum atomic E-state index is 11.6. The topological polar surface area (TPSA) is 50.1 Å². The molecule has 2 N–H and O–H groups in total. The van der Waals surface area contributed by atoms with Crippen LogP contribution in [0.3, 0.4) is 0 Å². The first kappa shape index (κ1) is 20.6. The molecule has 0 saturated heterocycles. The Labute approximate surface area is 189 Å². The number of rotatable bonds is 1. The number of aromatic nitrogens is 2. The van der Waals surface area contributed by atoms with E-state index in [1.807, 2.05) is 30.3 Å². The molecule has 4 aromatic rings. The Morgan fingerprint density at radius 3 is 2.28 bits per heavy atom. The predicted octanol–water partition coefficient (Wildman–Crippen LogP) is 6.98. The number of hydrogen-bond acceptors (Lipinski definition) is 3. The van der Waals surface area contributed by atoms with Crippen molar-refractivity contribution in [2.75, 3.05) is 5.32 Å². The van der Waals surface area contributed by atoms with Crippen LogP contribution in [0.4, 0.5) is 5.69 Å². The molecule has 1 aliphatic heterocycles. The summed E-state index contributed by atoms with van der Waals surface area (Å²) in [6.07, 6.45) is -0.268. The molecular weight excluding hydrogens is 394 g/mol. The number of imidazole rings is 1. The van der Waals surface area contributed by atoms with Crippen molar-refractivity contribution in [3.63, 3.8) is 0 Å². The van der Waals surface area contributed by atoms with Crippen LogP contribution in [-0.4, -0.2) is 14.7 Å². The summed E-state index contributed by atoms with van der Waals surface area (Å²) in [6, 6.07) is 20.8. The molecule has 1 aromatic heterocycles. The molecule has 5 rings (SSSR count). The Morgan fingerprint density at radius 2 is 1.56 bits per heavy atom. The van der Waals surface area contributed by atoms with Crippen molar-refractivity contribution in [2.24, 2.45) is 0 Å². The fraction of sp³-hybridized carbons (Fsp3) is 0.321. The van der Waals surface area contributed by atoms with Crippen LogP contribution >= 0.6 is 0 Å². The molecule has 0 bridgehead atoms. The number of aromatic hydroxyl groups is 1. The van der Waals surface area contributed by atoms with Gasteiger partial charge in [-0.2, -0.15) is 0 Å². The summed E-state index contributed by atoms with van der Waals surface area (Å²) in [7, 11) is 0. The van der Waals surface area contributed by atoms with Crippen LogP contribution in [0.2, 0.25) is 0 Å². The Bertz CT molecular complexity index is 1340. The number of hydrogen-bond donors (Lipinski definition) is 2. The van der Waals surface area contributed by atoms with Gasteiger partial charge in [0.05, 0.1) is 11.0 Å². The van der Waals surface area contributed by atoms with E-state index in [2.05, 4.69) is 81.8 Å². The van der Waals surface area contributed by atoms with E-state index in [0.29, 0.717) is 5.75 Å². The van der Waals surface area contributed by atoms with Crippen LogP contribution in [0.25, 0.3) is 22.4 Å². The van der Waals surface area contributed by atoms with Crippen LogP contribution in [0, 0.1) is 0 Å². The molecule has 3 aromatic carbocycles. The molecule has 1 atom stereocenters. The summed E-state index contributed by atoms with van der Waals surface area (Å²) in [5.41, 5.74) is 6.91. The molecular formula is C28H31N3O. The first-order valence-electron chi connectivity index (χ1n) is 11.3. The molecule has 0 aliphatic carbocycles. The van der Waals surface area contributed by atoms with Gasteiger partial charge < -0.3 is 10.4 Å². The number of phenolic OH excluding ortho intramolecular Hbond substituents is 1. The summed E-state index contributed by atoms with van der Waals surface area (Å²) in [5, 5.41) is 15.3. The number of anilines is 1. The van der Waals surface area contributed by atoms with Crippen molar-refractivity contribution in [3.8, 4) is 17.1 Å². The van der Waals surface area contributed by atoms with Crippen molar-refractivity contribution in [1.82, 2.24) is 9.55 Å². The van der Waals surface area contributed by atoms with Gasteiger partial charge in [-0.05, 0) is 52.3 Å². The van der Waals surface area contributed by atoms with Gasteiger partial charge in [0.1, 0.15) is 17.7 Å². The summed E-state index contributed by atoms with van der Waals surface area (Å²) < 4.78 is 2.23. The molecule has 1 aliphatic rings. The molecule has 2 heterocycles. The molecule has 0 radical (unpaired) electrons. The van der Waals surface area contributed by atoms with Gasteiger partial charge in [-0.25, -0.2) is 4.98 Å². The molecule has 4 heteroatoms. The molecule has 0 spiro atoms. The van der Waals surface area contributed by atoms with E-state index in [1.165, 1.54) is 5.56 Å². The zero-order valence-electron chi connectivity index (χ0n) is 19.7. The lowest BCUT2D eigenvalue weighted by Gasteiger charge is -2.34. The normalized spacial score (nSPS) is 15.9. The maximum absolute atomic E-state index is 11.6. The van der Waals surface area contributed by atoms with E-state index >= 15 is 0 Å². The number of benzene rings is 3. The van der Waals surface area contributed by atoms with Gasteiger partial charge in [-0.15, -0.1) is 0 Å². The van der Waals surface area contributed by atoms with Crippen molar-refractivity contribution >= 4 is 16.7 Å². The van der Waals surface area contributed by atoms with E-state index in [0.717, 1.165) is 39.2 Å². The fourth-order valence-corrected chi connectivity index (χ4v) is 4.60. The minimum atomic E-state index is -0.268. The quantitative estimate of drug-likeness (QED) is 0.346. The van der Waals surface area contributed by atoms with Crippen LogP contribution < -0.4 is 5.32 Å². The second-order valence-corrected chi connectivity index (χ2v) is 10.8. The largest absolute Gasteiger partial charge is 0.507 e. The second-order valence-electron chi connectivity index (χ2n) is 10.8. The van der Waals surface area contributed by atoms with E-state index in [1.54, 1.807) is 0 Å². The third-order valence-electron chi connectivity index (χ3n) is 6.42. The van der Waals surface area contributed by atoms with Crippen LogP contribution in [0.1, 0.15) is 64.4 Å². The molecule has 0 saturated carbocycles. The summed E-state index contributed by atoms with van der Waals surface area (Å²) in [4.78, 5) is 4.98. The third kappa shape index (κ3) is 3.17. The van der Waals surface area contributed by atoms with Crippen molar-refractivity contribution in [2.45, 2.75) is 58.5 Å². The molecule has 0 fully saturated rings. The first-order valence-corrected chi connectivity index (χ1v) is 11.3. The Morgan fingerprint density at radius 1 is 0.875 bits per heavy atom. The third-order valence-corrected chi connectivity index (χ3v) is 6.42. The van der Waals surface area contributed by atoms with Gasteiger partial charge in [0.15, 0.2) is 0 Å². The van der Waals surface area contributed by atoms with Gasteiger partial charge >= 0.3 is 0 Å². The zero-order chi connectivity index (χ0) is 22.8. The van der Waals surface area contributed by atoms with Crippen LogP contribution in [-0.2, 0) is 10.8 Å². The monoisotopic (exact) mass is 425 g/mol. The minimum Gasteiger partial charge on any atom is -0.507 e. The molecule has 0 amide bonds. The molecule has 4 nitrogen and oxygen atoms in total. The lowest BCUT2D eigenvalue weighted by molar-refractivity contribution is 0.431. The fourth-order valence-electron chi connectivity index (χ4n) is 4.60. The average Bonchev–Trinajstić information content (AvgIpc) is 3.12. The molecule has 1 unspecified atom stereocenters. The number of nitrogens with zero attached hydrogens (tertiary/aromatic N) is 2. The van der Waals surface area contributed by atoms with E-state index in [-0.39, 0.29) is 17.0 Å². The summed E-state index contributed by atoms with van der Waals surface area (Å²) in [5.74, 6) is 1.27. The Hall–Kier alpha value is -3.27. The Balaban J connectivity index is 1.84. The highest BCUT2D eigenvalue weighted by Gasteiger charge is 2.33. The number of para-hydroxylation sites is 3. The highest BCUT2D eigenvalue weighted by atomic mass is 16.3. The molecule has 164 valence electrons. The van der Waals surface area contributed by atoms with E-state index in [9.17, 15) is 5.11 Å². The first-order chi connectivity index (χ1) is 15.1. The lowest BCUT2D eigenvalue weighted by atomic mass is 9.78. The highest BCUT2D eigenvalue weighted by molar-refractivity contribution is 5.87. The standard InChI is InChI=1S/C28H31N3O/c1-27(2,3)17-15-19(24(32)20(16-17)28(4,5)6)26-29-21-12-8-7-11-18(21)25-30-22-13-9-10-14-23(22)31(25)26/h7-16,26,29,32H,1-6H3. The van der Waals surface area contributed by atoms with Gasteiger partial charge in [0, 0.05) is 16.8 Å². The number of fused-ring (bicyclic) bond motifs is 5. The van der Waals surface area contributed by atoms with Gasteiger partial charge in [-0.3, -0.25) is 4.57 Å². The van der Waals surface area contributed by atoms with E-state index < -0.39 is 0 Å². The summed E-state index contributed by atoms with van der Waals surface area (Å²) >= 11 is 0. The zero-order valence-corrected chi connectivity index (χ0v) is 19.7. The van der Waals surface area contributed by atoms with Crippen molar-refractivity contribution in [1.29, 1.82) is 0 Å². The predicted molar refractivity (Wildman–Crippen MR) is 132 cm³/mol. The highest BCUT2D eigenvalue weighted by Crippen LogP contribution is 2.46.